The number of alkyl halides is 3. The maximum absolute atomic E-state index is 12.2. The normalized spacial score (nSPS) is 17.4. The standard InChI is InChI=1S/C11H13F3N4O/c1-17-9(2-3-15-5-10(17)19)8-4-16-18(6-8)7-11(12,13)14/h2,4,6,15H,3,5,7H2,1H3. The van der Waals surface area contributed by atoms with Crippen molar-refractivity contribution in [1.82, 2.24) is 20.0 Å². The number of nitrogens with zero attached hydrogens (tertiary/aromatic N) is 3. The smallest absolute Gasteiger partial charge is 0.314 e. The molecule has 1 amide bonds. The van der Waals surface area contributed by atoms with E-state index >= 15 is 0 Å². The van der Waals surface area contributed by atoms with Crippen molar-refractivity contribution in [3.05, 3.63) is 24.0 Å². The molecule has 0 bridgehead atoms. The van der Waals surface area contributed by atoms with Crippen LogP contribution < -0.4 is 5.32 Å². The molecule has 1 aliphatic rings. The van der Waals surface area contributed by atoms with Gasteiger partial charge in [0.1, 0.15) is 6.54 Å². The topological polar surface area (TPSA) is 50.2 Å². The van der Waals surface area contributed by atoms with Gasteiger partial charge in [0.2, 0.25) is 5.91 Å². The molecule has 8 heteroatoms. The molecule has 0 aliphatic carbocycles. The molecule has 1 aliphatic heterocycles. The van der Waals surface area contributed by atoms with Crippen molar-refractivity contribution in [2.45, 2.75) is 12.7 Å². The summed E-state index contributed by atoms with van der Waals surface area (Å²) in [5, 5.41) is 6.56. The highest BCUT2D eigenvalue weighted by Gasteiger charge is 2.28. The van der Waals surface area contributed by atoms with E-state index in [1.165, 1.54) is 17.3 Å². The van der Waals surface area contributed by atoms with Gasteiger partial charge in [-0.25, -0.2) is 0 Å². The molecular weight excluding hydrogens is 261 g/mol. The third-order valence-corrected chi connectivity index (χ3v) is 2.72. The Morgan fingerprint density at radius 3 is 2.89 bits per heavy atom. The summed E-state index contributed by atoms with van der Waals surface area (Å²) in [7, 11) is 1.59. The number of carbonyl (C=O) groups is 1. The van der Waals surface area contributed by atoms with Crippen molar-refractivity contribution in [2.24, 2.45) is 0 Å². The minimum Gasteiger partial charge on any atom is -0.314 e. The molecule has 1 N–H and O–H groups in total. The maximum Gasteiger partial charge on any atom is 0.408 e. The third kappa shape index (κ3) is 3.34. The molecule has 0 unspecified atom stereocenters. The maximum atomic E-state index is 12.2. The first-order valence-electron chi connectivity index (χ1n) is 5.64. The van der Waals surface area contributed by atoms with Crippen molar-refractivity contribution in [3.8, 4) is 0 Å². The molecule has 0 spiro atoms. The molecule has 0 aromatic carbocycles. The van der Waals surface area contributed by atoms with E-state index in [2.05, 4.69) is 10.4 Å². The number of nitrogens with one attached hydrogen (secondary N) is 1. The molecule has 0 fully saturated rings. The van der Waals surface area contributed by atoms with E-state index in [4.69, 9.17) is 0 Å². The summed E-state index contributed by atoms with van der Waals surface area (Å²) >= 11 is 0. The minimum absolute atomic E-state index is 0.146. The predicted molar refractivity (Wildman–Crippen MR) is 61.9 cm³/mol. The Kier molecular flexibility index (Phi) is 3.61. The van der Waals surface area contributed by atoms with E-state index in [1.807, 2.05) is 0 Å². The highest BCUT2D eigenvalue weighted by Crippen LogP contribution is 2.21. The molecule has 0 saturated heterocycles. The van der Waals surface area contributed by atoms with E-state index in [1.54, 1.807) is 13.1 Å². The second-order valence-electron chi connectivity index (χ2n) is 4.21. The molecule has 1 aromatic rings. The zero-order chi connectivity index (χ0) is 14.0. The molecule has 5 nitrogen and oxygen atoms in total. The number of carbonyl (C=O) groups excluding carboxylic acids is 1. The zero-order valence-electron chi connectivity index (χ0n) is 10.2. The van der Waals surface area contributed by atoms with Gasteiger partial charge in [-0.2, -0.15) is 18.3 Å². The van der Waals surface area contributed by atoms with E-state index in [-0.39, 0.29) is 12.5 Å². The molecular formula is C11H13F3N4O. The molecule has 1 aromatic heterocycles. The van der Waals surface area contributed by atoms with E-state index in [9.17, 15) is 18.0 Å². The number of hydrogen-bond donors (Lipinski definition) is 1. The summed E-state index contributed by atoms with van der Waals surface area (Å²) in [5.74, 6) is -0.146. The number of likely N-dealkylation sites (N-methyl/N-ethyl adjacent to an activating group) is 1. The highest BCUT2D eigenvalue weighted by atomic mass is 19.4. The van der Waals surface area contributed by atoms with Crippen LogP contribution in [0.5, 0.6) is 0 Å². The van der Waals surface area contributed by atoms with Crippen LogP contribution in [-0.4, -0.2) is 46.9 Å². The fourth-order valence-electron chi connectivity index (χ4n) is 1.82. The lowest BCUT2D eigenvalue weighted by Crippen LogP contribution is -2.31. The van der Waals surface area contributed by atoms with Crippen molar-refractivity contribution in [1.29, 1.82) is 0 Å². The highest BCUT2D eigenvalue weighted by molar-refractivity contribution is 5.88. The molecule has 0 saturated carbocycles. The largest absolute Gasteiger partial charge is 0.408 e. The van der Waals surface area contributed by atoms with Crippen LogP contribution in [0.1, 0.15) is 5.56 Å². The van der Waals surface area contributed by atoms with E-state index in [0.29, 0.717) is 17.8 Å². The predicted octanol–water partition coefficient (Wildman–Crippen LogP) is 0.848. The number of amides is 1. The van der Waals surface area contributed by atoms with Crippen molar-refractivity contribution in [2.75, 3.05) is 20.1 Å². The molecule has 2 heterocycles. The van der Waals surface area contributed by atoms with Crippen LogP contribution in [0.2, 0.25) is 0 Å². The van der Waals surface area contributed by atoms with Crippen molar-refractivity contribution in [3.63, 3.8) is 0 Å². The summed E-state index contributed by atoms with van der Waals surface area (Å²) in [6.07, 6.45) is 0.0470. The van der Waals surface area contributed by atoms with Crippen LogP contribution >= 0.6 is 0 Å². The van der Waals surface area contributed by atoms with Crippen molar-refractivity contribution < 1.29 is 18.0 Å². The first-order chi connectivity index (χ1) is 8.87. The van der Waals surface area contributed by atoms with Gasteiger partial charge in [-0.05, 0) is 6.08 Å². The summed E-state index contributed by atoms with van der Waals surface area (Å²) in [4.78, 5) is 13.1. The van der Waals surface area contributed by atoms with Gasteiger partial charge in [-0.1, -0.05) is 0 Å². The summed E-state index contributed by atoms with van der Waals surface area (Å²) in [6, 6.07) is 0. The van der Waals surface area contributed by atoms with Crippen LogP contribution in [-0.2, 0) is 11.3 Å². The summed E-state index contributed by atoms with van der Waals surface area (Å²) in [6.45, 7) is -0.459. The van der Waals surface area contributed by atoms with Gasteiger partial charge in [0, 0.05) is 25.4 Å². The Bertz CT molecular complexity index is 506. The Morgan fingerprint density at radius 1 is 1.47 bits per heavy atom. The molecule has 0 radical (unpaired) electrons. The fraction of sp³-hybridized carbons (Fsp3) is 0.455. The van der Waals surface area contributed by atoms with E-state index < -0.39 is 12.7 Å². The third-order valence-electron chi connectivity index (χ3n) is 2.72. The number of hydrogen-bond acceptors (Lipinski definition) is 3. The molecule has 0 atom stereocenters. The SMILES string of the molecule is CN1C(=O)CNCC=C1c1cnn(CC(F)(F)F)c1. The van der Waals surface area contributed by atoms with Crippen LogP contribution in [0.15, 0.2) is 18.5 Å². The summed E-state index contributed by atoms with van der Waals surface area (Å²) in [5.41, 5.74) is 1.05. The fourth-order valence-corrected chi connectivity index (χ4v) is 1.82. The Balaban J connectivity index is 2.22. The molecule has 2 rings (SSSR count). The molecule has 104 valence electrons. The Hall–Kier alpha value is -1.83. The van der Waals surface area contributed by atoms with Gasteiger partial charge in [-0.15, -0.1) is 0 Å². The van der Waals surface area contributed by atoms with Gasteiger partial charge in [-0.3, -0.25) is 9.48 Å². The lowest BCUT2D eigenvalue weighted by Gasteiger charge is -2.17. The Morgan fingerprint density at radius 2 is 2.21 bits per heavy atom. The van der Waals surface area contributed by atoms with Gasteiger partial charge in [0.25, 0.3) is 0 Å². The first-order valence-corrected chi connectivity index (χ1v) is 5.64. The lowest BCUT2D eigenvalue weighted by atomic mass is 10.2. The number of rotatable bonds is 2. The van der Waals surface area contributed by atoms with Gasteiger partial charge < -0.3 is 10.2 Å². The average Bonchev–Trinajstić information content (AvgIpc) is 2.66. The minimum atomic E-state index is -4.32. The Labute approximate surface area is 107 Å². The van der Waals surface area contributed by atoms with Crippen LogP contribution in [0, 0.1) is 0 Å². The monoisotopic (exact) mass is 274 g/mol. The van der Waals surface area contributed by atoms with Crippen LogP contribution in [0.4, 0.5) is 13.2 Å². The van der Waals surface area contributed by atoms with Gasteiger partial charge >= 0.3 is 6.18 Å². The second-order valence-corrected chi connectivity index (χ2v) is 4.21. The van der Waals surface area contributed by atoms with Gasteiger partial charge in [0.15, 0.2) is 0 Å². The molecule has 19 heavy (non-hydrogen) atoms. The van der Waals surface area contributed by atoms with Crippen LogP contribution in [0.25, 0.3) is 5.70 Å². The number of aromatic nitrogens is 2. The zero-order valence-corrected chi connectivity index (χ0v) is 10.2. The number of halogens is 3. The summed E-state index contributed by atoms with van der Waals surface area (Å²) < 4.78 is 37.6. The van der Waals surface area contributed by atoms with Crippen LogP contribution in [0.3, 0.4) is 0 Å². The van der Waals surface area contributed by atoms with E-state index in [0.717, 1.165) is 4.68 Å². The average molecular weight is 274 g/mol. The first kappa shape index (κ1) is 13.6. The van der Waals surface area contributed by atoms with Gasteiger partial charge in [0.05, 0.1) is 18.4 Å². The van der Waals surface area contributed by atoms with Crippen molar-refractivity contribution >= 4 is 11.6 Å². The lowest BCUT2D eigenvalue weighted by molar-refractivity contribution is -0.142. The second kappa shape index (κ2) is 5.04. The quantitative estimate of drug-likeness (QED) is 0.869.